The number of methoxy groups -OCH3 is 2. The molecule has 0 aliphatic heterocycles. The summed E-state index contributed by atoms with van der Waals surface area (Å²) in [4.78, 5) is 23.6. The lowest BCUT2D eigenvalue weighted by Gasteiger charge is -2.08. The molecule has 0 unspecified atom stereocenters. The molecule has 7 heteroatoms. The first kappa shape index (κ1) is 19.3. The van der Waals surface area contributed by atoms with Crippen LogP contribution in [-0.2, 0) is 14.3 Å². The third-order valence-electron chi connectivity index (χ3n) is 3.33. The Morgan fingerprint density at radius 2 is 1.88 bits per heavy atom. The van der Waals surface area contributed by atoms with Crippen LogP contribution in [0.1, 0.15) is 5.56 Å². The Morgan fingerprint density at radius 1 is 1.12 bits per heavy atom. The van der Waals surface area contributed by atoms with Gasteiger partial charge in [-0.05, 0) is 36.4 Å². The highest BCUT2D eigenvalue weighted by atomic mass is 35.5. The minimum absolute atomic E-state index is 0.400. The highest BCUT2D eigenvalue weighted by Crippen LogP contribution is 2.25. The van der Waals surface area contributed by atoms with Crippen LogP contribution in [0.4, 0.5) is 5.69 Å². The smallest absolute Gasteiger partial charge is 0.331 e. The molecule has 0 saturated heterocycles. The first-order valence-electron chi connectivity index (χ1n) is 7.64. The minimum Gasteiger partial charge on any atom is -0.497 e. The second kappa shape index (κ2) is 9.48. The Morgan fingerprint density at radius 3 is 2.58 bits per heavy atom. The van der Waals surface area contributed by atoms with Crippen LogP contribution in [0, 0.1) is 0 Å². The number of para-hydroxylation sites is 1. The van der Waals surface area contributed by atoms with Crippen LogP contribution < -0.4 is 14.8 Å². The van der Waals surface area contributed by atoms with E-state index < -0.39 is 18.5 Å². The van der Waals surface area contributed by atoms with Gasteiger partial charge in [0.25, 0.3) is 5.91 Å². The standard InChI is InChI=1S/C19H18ClNO5/c1-24-14-8-9-17(25-2)13(11-14)7-10-19(23)26-12-18(22)21-16-6-4-3-5-15(16)20/h3-11H,12H2,1-2H3,(H,21,22)/b10-7+. The zero-order chi connectivity index (χ0) is 18.9. The summed E-state index contributed by atoms with van der Waals surface area (Å²) in [5.41, 5.74) is 1.09. The third-order valence-corrected chi connectivity index (χ3v) is 3.66. The topological polar surface area (TPSA) is 73.9 Å². The molecule has 6 nitrogen and oxygen atoms in total. The van der Waals surface area contributed by atoms with E-state index >= 15 is 0 Å². The van der Waals surface area contributed by atoms with Gasteiger partial charge >= 0.3 is 5.97 Å². The van der Waals surface area contributed by atoms with Gasteiger partial charge in [-0.2, -0.15) is 0 Å². The molecule has 2 aromatic rings. The zero-order valence-corrected chi connectivity index (χ0v) is 15.1. The number of hydrogen-bond acceptors (Lipinski definition) is 5. The number of carbonyl (C=O) groups excluding carboxylic acids is 2. The predicted molar refractivity (Wildman–Crippen MR) is 99.6 cm³/mol. The number of ether oxygens (including phenoxy) is 3. The number of benzene rings is 2. The Hall–Kier alpha value is -2.99. The lowest BCUT2D eigenvalue weighted by Crippen LogP contribution is -2.20. The molecule has 0 spiro atoms. The van der Waals surface area contributed by atoms with Crippen molar-refractivity contribution in [3.8, 4) is 11.5 Å². The average molecular weight is 376 g/mol. The van der Waals surface area contributed by atoms with Crippen LogP contribution in [0.3, 0.4) is 0 Å². The van der Waals surface area contributed by atoms with Gasteiger partial charge in [-0.15, -0.1) is 0 Å². The number of hydrogen-bond donors (Lipinski definition) is 1. The number of halogens is 1. The van der Waals surface area contributed by atoms with Crippen LogP contribution in [0.2, 0.25) is 5.02 Å². The number of anilines is 1. The van der Waals surface area contributed by atoms with Gasteiger partial charge < -0.3 is 19.5 Å². The molecule has 136 valence electrons. The molecule has 0 aromatic heterocycles. The predicted octanol–water partition coefficient (Wildman–Crippen LogP) is 3.55. The summed E-state index contributed by atoms with van der Waals surface area (Å²) in [6, 6.07) is 12.0. The Balaban J connectivity index is 1.91. The minimum atomic E-state index is -0.663. The van der Waals surface area contributed by atoms with E-state index in [0.29, 0.717) is 27.8 Å². The maximum absolute atomic E-state index is 11.8. The molecule has 0 heterocycles. The largest absolute Gasteiger partial charge is 0.497 e. The van der Waals surface area contributed by atoms with E-state index in [1.807, 2.05) is 0 Å². The van der Waals surface area contributed by atoms with Crippen molar-refractivity contribution in [3.05, 3.63) is 59.1 Å². The van der Waals surface area contributed by atoms with E-state index in [2.05, 4.69) is 5.32 Å². The monoisotopic (exact) mass is 375 g/mol. The molecule has 1 amide bonds. The summed E-state index contributed by atoms with van der Waals surface area (Å²) >= 11 is 5.95. The van der Waals surface area contributed by atoms with Gasteiger partial charge in [-0.25, -0.2) is 4.79 Å². The molecule has 0 atom stereocenters. The number of amides is 1. The molecule has 2 rings (SSSR count). The van der Waals surface area contributed by atoms with Crippen LogP contribution in [-0.4, -0.2) is 32.7 Å². The lowest BCUT2D eigenvalue weighted by molar-refractivity contribution is -0.142. The zero-order valence-electron chi connectivity index (χ0n) is 14.3. The van der Waals surface area contributed by atoms with Crippen molar-refractivity contribution in [1.29, 1.82) is 0 Å². The molecule has 0 radical (unpaired) electrons. The SMILES string of the molecule is COc1ccc(OC)c(/C=C/C(=O)OCC(=O)Nc2ccccc2Cl)c1. The fraction of sp³-hybridized carbons (Fsp3) is 0.158. The van der Waals surface area contributed by atoms with Crippen molar-refractivity contribution >= 4 is 35.2 Å². The first-order chi connectivity index (χ1) is 12.5. The van der Waals surface area contributed by atoms with Crippen molar-refractivity contribution in [2.75, 3.05) is 26.1 Å². The molecule has 1 N–H and O–H groups in total. The van der Waals surface area contributed by atoms with E-state index in [1.54, 1.807) is 49.6 Å². The maximum atomic E-state index is 11.8. The van der Waals surface area contributed by atoms with Crippen molar-refractivity contribution in [1.82, 2.24) is 0 Å². The van der Waals surface area contributed by atoms with Crippen molar-refractivity contribution < 1.29 is 23.8 Å². The second-order valence-corrected chi connectivity index (χ2v) is 5.48. The maximum Gasteiger partial charge on any atom is 0.331 e. The van der Waals surface area contributed by atoms with Gasteiger partial charge in [0.05, 0.1) is 24.9 Å². The quantitative estimate of drug-likeness (QED) is 0.591. The summed E-state index contributed by atoms with van der Waals surface area (Å²) < 4.78 is 15.3. The van der Waals surface area contributed by atoms with E-state index in [1.165, 1.54) is 19.3 Å². The Labute approximate surface area is 156 Å². The molecule has 0 aliphatic carbocycles. The molecule has 0 saturated carbocycles. The van der Waals surface area contributed by atoms with Gasteiger partial charge in [0.2, 0.25) is 0 Å². The molecular formula is C19H18ClNO5. The fourth-order valence-corrected chi connectivity index (χ4v) is 2.24. The third kappa shape index (κ3) is 5.53. The first-order valence-corrected chi connectivity index (χ1v) is 8.02. The Kier molecular flexibility index (Phi) is 7.05. The van der Waals surface area contributed by atoms with Gasteiger partial charge in [-0.1, -0.05) is 23.7 Å². The van der Waals surface area contributed by atoms with Gasteiger partial charge in [0.15, 0.2) is 6.61 Å². The van der Waals surface area contributed by atoms with Crippen LogP contribution in [0.5, 0.6) is 11.5 Å². The summed E-state index contributed by atoms with van der Waals surface area (Å²) in [6.45, 7) is -0.427. The molecular weight excluding hydrogens is 358 g/mol. The van der Waals surface area contributed by atoms with Crippen molar-refractivity contribution in [2.45, 2.75) is 0 Å². The van der Waals surface area contributed by atoms with E-state index in [0.717, 1.165) is 0 Å². The molecule has 0 fully saturated rings. The van der Waals surface area contributed by atoms with Gasteiger partial charge in [-0.3, -0.25) is 4.79 Å². The fourth-order valence-electron chi connectivity index (χ4n) is 2.06. The number of esters is 1. The van der Waals surface area contributed by atoms with Gasteiger partial charge in [0, 0.05) is 11.6 Å². The molecule has 0 bridgehead atoms. The summed E-state index contributed by atoms with van der Waals surface area (Å²) in [5, 5.41) is 2.96. The van der Waals surface area contributed by atoms with Crippen LogP contribution in [0.25, 0.3) is 6.08 Å². The van der Waals surface area contributed by atoms with Crippen LogP contribution in [0.15, 0.2) is 48.5 Å². The molecule has 26 heavy (non-hydrogen) atoms. The van der Waals surface area contributed by atoms with E-state index in [9.17, 15) is 9.59 Å². The van der Waals surface area contributed by atoms with Crippen molar-refractivity contribution in [3.63, 3.8) is 0 Å². The number of carbonyl (C=O) groups is 2. The summed E-state index contributed by atoms with van der Waals surface area (Å²) in [6.07, 6.45) is 2.73. The summed E-state index contributed by atoms with van der Waals surface area (Å²) in [5.74, 6) is 0.0484. The normalized spacial score (nSPS) is 10.4. The molecule has 0 aliphatic rings. The number of nitrogens with one attached hydrogen (secondary N) is 1. The van der Waals surface area contributed by atoms with Gasteiger partial charge in [0.1, 0.15) is 11.5 Å². The molecule has 2 aromatic carbocycles. The van der Waals surface area contributed by atoms with Crippen molar-refractivity contribution in [2.24, 2.45) is 0 Å². The van der Waals surface area contributed by atoms with Crippen LogP contribution >= 0.6 is 11.6 Å². The second-order valence-electron chi connectivity index (χ2n) is 5.08. The summed E-state index contributed by atoms with van der Waals surface area (Å²) in [7, 11) is 3.07. The highest BCUT2D eigenvalue weighted by Gasteiger charge is 2.08. The number of rotatable bonds is 7. The highest BCUT2D eigenvalue weighted by molar-refractivity contribution is 6.33. The van der Waals surface area contributed by atoms with E-state index in [-0.39, 0.29) is 0 Å². The average Bonchev–Trinajstić information content (AvgIpc) is 2.66. The van der Waals surface area contributed by atoms with E-state index in [4.69, 9.17) is 25.8 Å². The Bertz CT molecular complexity index is 819. The lowest BCUT2D eigenvalue weighted by atomic mass is 10.1.